The maximum absolute atomic E-state index is 4.04. The molecular formula is C14H18. The standard InChI is InChI=1S/C14H18/c1-4-5-6-7-13(3)14-10-8-12(2)9-11-14/h6-11H,3-5H2,1-2H3/b7-6-. The molecule has 1 aromatic carbocycles. The average molecular weight is 186 g/mol. The molecule has 0 aromatic heterocycles. The lowest BCUT2D eigenvalue weighted by molar-refractivity contribution is 0.959. The van der Waals surface area contributed by atoms with Crippen molar-refractivity contribution in [2.75, 3.05) is 0 Å². The van der Waals surface area contributed by atoms with Crippen LogP contribution >= 0.6 is 0 Å². The minimum Gasteiger partial charge on any atom is -0.0912 e. The molecule has 0 radical (unpaired) electrons. The highest BCUT2D eigenvalue weighted by molar-refractivity contribution is 5.71. The topological polar surface area (TPSA) is 0 Å². The van der Waals surface area contributed by atoms with Gasteiger partial charge in [-0.1, -0.05) is 61.9 Å². The normalized spacial score (nSPS) is 10.7. The van der Waals surface area contributed by atoms with Crippen molar-refractivity contribution in [3.05, 3.63) is 54.1 Å². The molecule has 0 heterocycles. The molecule has 0 aliphatic heterocycles. The summed E-state index contributed by atoms with van der Waals surface area (Å²) in [7, 11) is 0. The van der Waals surface area contributed by atoms with Gasteiger partial charge in [-0.15, -0.1) is 0 Å². The van der Waals surface area contributed by atoms with E-state index in [-0.39, 0.29) is 0 Å². The molecule has 74 valence electrons. The number of unbranched alkanes of at least 4 members (excludes halogenated alkanes) is 1. The second-order valence-corrected chi connectivity index (χ2v) is 3.58. The van der Waals surface area contributed by atoms with E-state index in [1.807, 2.05) is 0 Å². The molecule has 1 aromatic rings. The molecule has 0 bridgehead atoms. The summed E-state index contributed by atoms with van der Waals surface area (Å²) in [5.41, 5.74) is 3.60. The molecule has 0 spiro atoms. The Morgan fingerprint density at radius 2 is 1.93 bits per heavy atom. The van der Waals surface area contributed by atoms with Crippen molar-refractivity contribution in [2.24, 2.45) is 0 Å². The Morgan fingerprint density at radius 1 is 1.29 bits per heavy atom. The predicted octanol–water partition coefficient (Wildman–Crippen LogP) is 4.36. The predicted molar refractivity (Wildman–Crippen MR) is 64.3 cm³/mol. The van der Waals surface area contributed by atoms with Crippen molar-refractivity contribution in [3.63, 3.8) is 0 Å². The van der Waals surface area contributed by atoms with Gasteiger partial charge in [0.2, 0.25) is 0 Å². The first-order chi connectivity index (χ1) is 6.74. The van der Waals surface area contributed by atoms with Crippen LogP contribution in [-0.4, -0.2) is 0 Å². The Hall–Kier alpha value is -1.30. The molecule has 0 nitrogen and oxygen atoms in total. The molecular weight excluding hydrogens is 168 g/mol. The fourth-order valence-electron chi connectivity index (χ4n) is 1.26. The van der Waals surface area contributed by atoms with Crippen LogP contribution in [0.1, 0.15) is 30.9 Å². The van der Waals surface area contributed by atoms with Gasteiger partial charge in [0, 0.05) is 0 Å². The zero-order chi connectivity index (χ0) is 10.4. The van der Waals surface area contributed by atoms with Gasteiger partial charge < -0.3 is 0 Å². The van der Waals surface area contributed by atoms with Gasteiger partial charge in [-0.3, -0.25) is 0 Å². The van der Waals surface area contributed by atoms with Gasteiger partial charge in [0.15, 0.2) is 0 Å². The van der Waals surface area contributed by atoms with Gasteiger partial charge in [-0.05, 0) is 24.5 Å². The van der Waals surface area contributed by atoms with Crippen molar-refractivity contribution < 1.29 is 0 Å². The third-order valence-electron chi connectivity index (χ3n) is 2.20. The summed E-state index contributed by atoms with van der Waals surface area (Å²) in [6.45, 7) is 8.32. The van der Waals surface area contributed by atoms with Crippen molar-refractivity contribution >= 4 is 5.57 Å². The number of hydrogen-bond acceptors (Lipinski definition) is 0. The van der Waals surface area contributed by atoms with Crippen LogP contribution in [0.2, 0.25) is 0 Å². The van der Waals surface area contributed by atoms with Gasteiger partial charge in [0.05, 0.1) is 0 Å². The van der Waals surface area contributed by atoms with E-state index in [1.165, 1.54) is 17.5 Å². The molecule has 0 unspecified atom stereocenters. The Morgan fingerprint density at radius 3 is 2.50 bits per heavy atom. The summed E-state index contributed by atoms with van der Waals surface area (Å²) < 4.78 is 0. The van der Waals surface area contributed by atoms with Crippen molar-refractivity contribution in [2.45, 2.75) is 26.7 Å². The molecule has 0 amide bonds. The molecule has 0 saturated carbocycles. The van der Waals surface area contributed by atoms with Gasteiger partial charge >= 0.3 is 0 Å². The third kappa shape index (κ3) is 3.21. The lowest BCUT2D eigenvalue weighted by Gasteiger charge is -2.00. The second kappa shape index (κ2) is 5.43. The highest BCUT2D eigenvalue weighted by Gasteiger charge is 1.93. The van der Waals surface area contributed by atoms with E-state index in [2.05, 4.69) is 56.8 Å². The SMILES string of the molecule is C=C(/C=C\CCC)c1ccc(C)cc1. The molecule has 0 atom stereocenters. The molecule has 1 rings (SSSR count). The number of benzene rings is 1. The zero-order valence-corrected chi connectivity index (χ0v) is 9.09. The quantitative estimate of drug-likeness (QED) is 0.613. The summed E-state index contributed by atoms with van der Waals surface area (Å²) in [5, 5.41) is 0. The molecule has 0 saturated heterocycles. The minimum absolute atomic E-state index is 1.10. The van der Waals surface area contributed by atoms with Crippen molar-refractivity contribution in [1.82, 2.24) is 0 Å². The number of rotatable bonds is 4. The monoisotopic (exact) mass is 186 g/mol. The Kier molecular flexibility index (Phi) is 4.18. The first kappa shape index (κ1) is 10.8. The third-order valence-corrected chi connectivity index (χ3v) is 2.20. The number of hydrogen-bond donors (Lipinski definition) is 0. The maximum Gasteiger partial charge on any atom is -0.0190 e. The van der Waals surface area contributed by atoms with E-state index in [4.69, 9.17) is 0 Å². The van der Waals surface area contributed by atoms with E-state index in [1.54, 1.807) is 0 Å². The average Bonchev–Trinajstić information content (AvgIpc) is 2.19. The Bertz CT molecular complexity index is 314. The highest BCUT2D eigenvalue weighted by Crippen LogP contribution is 2.14. The second-order valence-electron chi connectivity index (χ2n) is 3.58. The largest absolute Gasteiger partial charge is 0.0912 e. The van der Waals surface area contributed by atoms with E-state index < -0.39 is 0 Å². The Balaban J connectivity index is 2.65. The molecule has 0 heteroatoms. The van der Waals surface area contributed by atoms with Gasteiger partial charge in [-0.2, -0.15) is 0 Å². The van der Waals surface area contributed by atoms with Crippen LogP contribution in [-0.2, 0) is 0 Å². The fraction of sp³-hybridized carbons (Fsp3) is 0.286. The number of allylic oxidation sites excluding steroid dienone is 3. The van der Waals surface area contributed by atoms with Crippen LogP contribution < -0.4 is 0 Å². The molecule has 0 aliphatic rings. The van der Waals surface area contributed by atoms with E-state index in [0.717, 1.165) is 12.0 Å². The van der Waals surface area contributed by atoms with Crippen molar-refractivity contribution in [3.8, 4) is 0 Å². The number of aryl methyl sites for hydroxylation is 1. The molecule has 14 heavy (non-hydrogen) atoms. The zero-order valence-electron chi connectivity index (χ0n) is 9.09. The summed E-state index contributed by atoms with van der Waals surface area (Å²) in [5.74, 6) is 0. The Labute approximate surface area is 87.0 Å². The van der Waals surface area contributed by atoms with Crippen LogP contribution in [0, 0.1) is 6.92 Å². The lowest BCUT2D eigenvalue weighted by atomic mass is 10.1. The molecule has 0 aliphatic carbocycles. The van der Waals surface area contributed by atoms with E-state index in [0.29, 0.717) is 0 Å². The first-order valence-electron chi connectivity index (χ1n) is 5.16. The summed E-state index contributed by atoms with van der Waals surface area (Å²) in [4.78, 5) is 0. The smallest absolute Gasteiger partial charge is 0.0190 e. The molecule has 0 fully saturated rings. The van der Waals surface area contributed by atoms with Gasteiger partial charge in [0.25, 0.3) is 0 Å². The van der Waals surface area contributed by atoms with E-state index >= 15 is 0 Å². The highest BCUT2D eigenvalue weighted by atomic mass is 14.0. The van der Waals surface area contributed by atoms with Crippen LogP contribution in [0.25, 0.3) is 5.57 Å². The molecule has 0 N–H and O–H groups in total. The first-order valence-corrected chi connectivity index (χ1v) is 5.16. The van der Waals surface area contributed by atoms with Crippen LogP contribution in [0.15, 0.2) is 43.0 Å². The van der Waals surface area contributed by atoms with E-state index in [9.17, 15) is 0 Å². The van der Waals surface area contributed by atoms with Crippen LogP contribution in [0.5, 0.6) is 0 Å². The van der Waals surface area contributed by atoms with Crippen LogP contribution in [0.4, 0.5) is 0 Å². The summed E-state index contributed by atoms with van der Waals surface area (Å²) >= 11 is 0. The van der Waals surface area contributed by atoms with Crippen LogP contribution in [0.3, 0.4) is 0 Å². The van der Waals surface area contributed by atoms with Gasteiger partial charge in [-0.25, -0.2) is 0 Å². The fourth-order valence-corrected chi connectivity index (χ4v) is 1.26. The lowest BCUT2D eigenvalue weighted by Crippen LogP contribution is -1.79. The van der Waals surface area contributed by atoms with Crippen molar-refractivity contribution in [1.29, 1.82) is 0 Å². The maximum atomic E-state index is 4.04. The van der Waals surface area contributed by atoms with Gasteiger partial charge in [0.1, 0.15) is 0 Å². The summed E-state index contributed by atoms with van der Waals surface area (Å²) in [6, 6.07) is 8.48. The minimum atomic E-state index is 1.10. The summed E-state index contributed by atoms with van der Waals surface area (Å²) in [6.07, 6.45) is 6.61.